The van der Waals surface area contributed by atoms with Crippen LogP contribution in [0.3, 0.4) is 0 Å². The third-order valence-corrected chi connectivity index (χ3v) is 2.97. The highest BCUT2D eigenvalue weighted by atomic mass is 32.2. The Bertz CT molecular complexity index is 397. The van der Waals surface area contributed by atoms with Crippen LogP contribution in [0.4, 0.5) is 0 Å². The van der Waals surface area contributed by atoms with Crippen molar-refractivity contribution in [2.24, 2.45) is 0 Å². The predicted octanol–water partition coefficient (Wildman–Crippen LogP) is 0.472. The van der Waals surface area contributed by atoms with Gasteiger partial charge < -0.3 is 4.55 Å². The Balaban J connectivity index is 2.45. The molecule has 15 heavy (non-hydrogen) atoms. The van der Waals surface area contributed by atoms with Crippen molar-refractivity contribution in [3.63, 3.8) is 0 Å². The Morgan fingerprint density at radius 3 is 2.40 bits per heavy atom. The third-order valence-electron chi connectivity index (χ3n) is 2.18. The van der Waals surface area contributed by atoms with Gasteiger partial charge in [0, 0.05) is 24.3 Å². The number of hydrogen-bond donors (Lipinski definition) is 0. The zero-order valence-electron chi connectivity index (χ0n) is 8.72. The molecule has 0 spiro atoms. The van der Waals surface area contributed by atoms with E-state index in [0.717, 1.165) is 6.42 Å². The second-order valence-electron chi connectivity index (χ2n) is 3.41. The van der Waals surface area contributed by atoms with Crippen LogP contribution in [0.1, 0.15) is 18.9 Å². The standard InChI is InChI=1S/C10H15NO3S/c1-2-10-4-7-11(8-5-10)6-3-9-15(12,13)14/h4-5,7-8H,2-3,6,9H2,1H3. The van der Waals surface area contributed by atoms with E-state index < -0.39 is 10.1 Å². The summed E-state index contributed by atoms with van der Waals surface area (Å²) >= 11 is 0. The van der Waals surface area contributed by atoms with Crippen molar-refractivity contribution in [3.8, 4) is 0 Å². The quantitative estimate of drug-likeness (QED) is 0.544. The molecule has 0 aliphatic carbocycles. The van der Waals surface area contributed by atoms with Crippen LogP contribution in [-0.2, 0) is 23.1 Å². The molecule has 1 aromatic heterocycles. The fourth-order valence-corrected chi connectivity index (χ4v) is 1.78. The van der Waals surface area contributed by atoms with E-state index in [1.165, 1.54) is 5.56 Å². The maximum absolute atomic E-state index is 10.4. The van der Waals surface area contributed by atoms with E-state index in [1.807, 2.05) is 29.1 Å². The summed E-state index contributed by atoms with van der Waals surface area (Å²) in [6, 6.07) is 3.98. The second-order valence-corrected chi connectivity index (χ2v) is 4.94. The highest BCUT2D eigenvalue weighted by molar-refractivity contribution is 7.85. The number of nitrogens with zero attached hydrogens (tertiary/aromatic N) is 1. The maximum Gasteiger partial charge on any atom is 0.169 e. The summed E-state index contributed by atoms with van der Waals surface area (Å²) in [5.74, 6) is -0.296. The SMILES string of the molecule is CCc1cc[n+](CCCS(=O)(=O)[O-])cc1. The lowest BCUT2D eigenvalue weighted by Crippen LogP contribution is -2.33. The smallest absolute Gasteiger partial charge is 0.169 e. The fourth-order valence-electron chi connectivity index (χ4n) is 1.30. The average Bonchev–Trinajstić information content (AvgIpc) is 2.17. The molecule has 5 heteroatoms. The lowest BCUT2D eigenvalue weighted by Gasteiger charge is -2.04. The van der Waals surface area contributed by atoms with E-state index in [-0.39, 0.29) is 5.75 Å². The van der Waals surface area contributed by atoms with Crippen LogP contribution in [0.15, 0.2) is 24.5 Å². The minimum absolute atomic E-state index is 0.296. The first-order chi connectivity index (χ1) is 7.01. The highest BCUT2D eigenvalue weighted by Crippen LogP contribution is 1.95. The van der Waals surface area contributed by atoms with Crippen LogP contribution in [0, 0.1) is 0 Å². The Morgan fingerprint density at radius 2 is 1.93 bits per heavy atom. The summed E-state index contributed by atoms with van der Waals surface area (Å²) in [6.45, 7) is 2.63. The lowest BCUT2D eigenvalue weighted by molar-refractivity contribution is -0.696. The topological polar surface area (TPSA) is 61.1 Å². The number of hydrogen-bond acceptors (Lipinski definition) is 3. The summed E-state index contributed by atoms with van der Waals surface area (Å²) in [4.78, 5) is 0. The van der Waals surface area contributed by atoms with Gasteiger partial charge in [-0.15, -0.1) is 0 Å². The van der Waals surface area contributed by atoms with Gasteiger partial charge in [0.25, 0.3) is 0 Å². The molecule has 1 rings (SSSR count). The monoisotopic (exact) mass is 229 g/mol. The van der Waals surface area contributed by atoms with Gasteiger partial charge in [0.15, 0.2) is 12.4 Å². The van der Waals surface area contributed by atoms with E-state index >= 15 is 0 Å². The third kappa shape index (κ3) is 4.90. The van der Waals surface area contributed by atoms with Crippen LogP contribution in [0.5, 0.6) is 0 Å². The molecule has 0 fully saturated rings. The van der Waals surface area contributed by atoms with Gasteiger partial charge in [-0.05, 0) is 12.0 Å². The number of rotatable bonds is 5. The molecule has 0 aliphatic rings. The minimum Gasteiger partial charge on any atom is -0.748 e. The first-order valence-corrected chi connectivity index (χ1v) is 6.50. The summed E-state index contributed by atoms with van der Waals surface area (Å²) in [7, 11) is -4.07. The Kier molecular flexibility index (Phi) is 4.23. The normalized spacial score (nSPS) is 11.6. The summed E-state index contributed by atoms with van der Waals surface area (Å²) < 4.78 is 33.0. The molecule has 84 valence electrons. The predicted molar refractivity (Wildman–Crippen MR) is 55.2 cm³/mol. The lowest BCUT2D eigenvalue weighted by atomic mass is 10.2. The Morgan fingerprint density at radius 1 is 1.33 bits per heavy atom. The number of pyridine rings is 1. The van der Waals surface area contributed by atoms with Crippen LogP contribution in [-0.4, -0.2) is 18.7 Å². The van der Waals surface area contributed by atoms with E-state index in [1.54, 1.807) is 0 Å². The van der Waals surface area contributed by atoms with Crippen LogP contribution in [0.25, 0.3) is 0 Å². The Labute approximate surface area is 90.3 Å². The van der Waals surface area contributed by atoms with Gasteiger partial charge >= 0.3 is 0 Å². The van der Waals surface area contributed by atoms with Crippen LogP contribution >= 0.6 is 0 Å². The van der Waals surface area contributed by atoms with Crippen molar-refractivity contribution in [3.05, 3.63) is 30.1 Å². The summed E-state index contributed by atoms with van der Waals surface area (Å²) in [5, 5.41) is 0. The van der Waals surface area contributed by atoms with Crippen molar-refractivity contribution in [1.82, 2.24) is 0 Å². The van der Waals surface area contributed by atoms with Crippen LogP contribution < -0.4 is 4.57 Å². The van der Waals surface area contributed by atoms with Crippen molar-refractivity contribution >= 4 is 10.1 Å². The molecule has 4 nitrogen and oxygen atoms in total. The average molecular weight is 229 g/mol. The van der Waals surface area contributed by atoms with Gasteiger partial charge in [-0.2, -0.15) is 0 Å². The molecule has 0 aliphatic heterocycles. The van der Waals surface area contributed by atoms with E-state index in [0.29, 0.717) is 13.0 Å². The summed E-state index contributed by atoms with van der Waals surface area (Å²) in [5.41, 5.74) is 1.24. The highest BCUT2D eigenvalue weighted by Gasteiger charge is 2.02. The van der Waals surface area contributed by atoms with Crippen molar-refractivity contribution in [2.45, 2.75) is 26.3 Å². The first kappa shape index (κ1) is 12.1. The van der Waals surface area contributed by atoms with Gasteiger partial charge in [0.05, 0.1) is 10.1 Å². The summed E-state index contributed by atoms with van der Waals surface area (Å²) in [6.07, 6.45) is 5.14. The molecule has 0 unspecified atom stereocenters. The van der Waals surface area contributed by atoms with Crippen molar-refractivity contribution < 1.29 is 17.5 Å². The van der Waals surface area contributed by atoms with Crippen LogP contribution in [0.2, 0.25) is 0 Å². The van der Waals surface area contributed by atoms with Gasteiger partial charge in [0.2, 0.25) is 0 Å². The van der Waals surface area contributed by atoms with Gasteiger partial charge in [-0.25, -0.2) is 13.0 Å². The molecule has 0 aromatic carbocycles. The van der Waals surface area contributed by atoms with E-state index in [9.17, 15) is 13.0 Å². The molecule has 0 bridgehead atoms. The fraction of sp³-hybridized carbons (Fsp3) is 0.500. The maximum atomic E-state index is 10.4. The zero-order valence-corrected chi connectivity index (χ0v) is 9.53. The molecule has 1 heterocycles. The molecule has 0 saturated carbocycles. The molecule has 0 saturated heterocycles. The van der Waals surface area contributed by atoms with Crippen molar-refractivity contribution in [2.75, 3.05) is 5.75 Å². The molecule has 0 amide bonds. The minimum atomic E-state index is -4.07. The molecule has 0 N–H and O–H groups in total. The molecular weight excluding hydrogens is 214 g/mol. The number of aryl methyl sites for hydroxylation is 2. The van der Waals surface area contributed by atoms with Gasteiger partial charge in [-0.1, -0.05) is 6.92 Å². The van der Waals surface area contributed by atoms with Gasteiger partial charge in [0.1, 0.15) is 6.54 Å². The molecule has 1 aromatic rings. The number of aromatic nitrogens is 1. The van der Waals surface area contributed by atoms with Gasteiger partial charge in [-0.3, -0.25) is 0 Å². The molecular formula is C10H15NO3S. The van der Waals surface area contributed by atoms with E-state index in [2.05, 4.69) is 6.92 Å². The second kappa shape index (κ2) is 5.23. The van der Waals surface area contributed by atoms with Crippen molar-refractivity contribution in [1.29, 1.82) is 0 Å². The zero-order chi connectivity index (χ0) is 11.3. The Hall–Kier alpha value is -0.940. The molecule has 0 radical (unpaired) electrons. The first-order valence-electron chi connectivity index (χ1n) is 4.93. The largest absolute Gasteiger partial charge is 0.748 e. The van der Waals surface area contributed by atoms with E-state index in [4.69, 9.17) is 0 Å². The molecule has 0 atom stereocenters.